The number of benzene rings is 2. The quantitative estimate of drug-likeness (QED) is 0.880. The fourth-order valence-corrected chi connectivity index (χ4v) is 2.58. The van der Waals surface area contributed by atoms with E-state index in [1.54, 1.807) is 14.2 Å². The summed E-state index contributed by atoms with van der Waals surface area (Å²) in [4.78, 5) is 12.2. The molecular formula is C19H23NO3. The molecule has 0 bridgehead atoms. The van der Waals surface area contributed by atoms with Crippen LogP contribution in [0.25, 0.3) is 0 Å². The van der Waals surface area contributed by atoms with E-state index in [9.17, 15) is 4.79 Å². The van der Waals surface area contributed by atoms with Crippen LogP contribution in [0.15, 0.2) is 36.4 Å². The van der Waals surface area contributed by atoms with Gasteiger partial charge in [-0.2, -0.15) is 0 Å². The lowest BCUT2D eigenvalue weighted by Gasteiger charge is -2.13. The number of ether oxygens (including phenoxy) is 2. The molecule has 0 aliphatic heterocycles. The largest absolute Gasteiger partial charge is 0.496 e. The average Bonchev–Trinajstić information content (AvgIpc) is 2.55. The zero-order valence-corrected chi connectivity index (χ0v) is 14.1. The standard InChI is InChI=1S/C19H23NO3/c1-13-8-10-16(14(2)12-13)20-19(21)11-9-15-17(22-3)6-5-7-18(15)23-4/h5-8,10,12H,9,11H2,1-4H3,(H,20,21). The summed E-state index contributed by atoms with van der Waals surface area (Å²) >= 11 is 0. The third kappa shape index (κ3) is 4.25. The van der Waals surface area contributed by atoms with Gasteiger partial charge in [-0.1, -0.05) is 23.8 Å². The van der Waals surface area contributed by atoms with Crippen LogP contribution in [0.5, 0.6) is 11.5 Å². The Hall–Kier alpha value is -2.49. The molecule has 0 atom stereocenters. The number of hydrogen-bond donors (Lipinski definition) is 1. The number of nitrogens with one attached hydrogen (secondary N) is 1. The number of hydrogen-bond acceptors (Lipinski definition) is 3. The highest BCUT2D eigenvalue weighted by molar-refractivity contribution is 5.91. The molecule has 0 unspecified atom stereocenters. The van der Waals surface area contributed by atoms with E-state index in [-0.39, 0.29) is 5.91 Å². The number of aryl methyl sites for hydroxylation is 2. The van der Waals surface area contributed by atoms with Gasteiger partial charge in [0.15, 0.2) is 0 Å². The van der Waals surface area contributed by atoms with Crippen molar-refractivity contribution in [2.75, 3.05) is 19.5 Å². The molecule has 0 spiro atoms. The van der Waals surface area contributed by atoms with E-state index in [0.29, 0.717) is 12.8 Å². The normalized spacial score (nSPS) is 10.3. The number of methoxy groups -OCH3 is 2. The Morgan fingerprint density at radius 2 is 1.70 bits per heavy atom. The van der Waals surface area contributed by atoms with E-state index < -0.39 is 0 Å². The van der Waals surface area contributed by atoms with Gasteiger partial charge in [0.05, 0.1) is 14.2 Å². The zero-order valence-electron chi connectivity index (χ0n) is 14.1. The lowest BCUT2D eigenvalue weighted by Crippen LogP contribution is -2.13. The Labute approximate surface area is 137 Å². The second-order valence-electron chi connectivity index (χ2n) is 5.51. The van der Waals surface area contributed by atoms with Crippen molar-refractivity contribution in [3.63, 3.8) is 0 Å². The van der Waals surface area contributed by atoms with Crippen molar-refractivity contribution in [1.82, 2.24) is 0 Å². The summed E-state index contributed by atoms with van der Waals surface area (Å²) in [6, 6.07) is 11.6. The van der Waals surface area contributed by atoms with Gasteiger partial charge in [0.1, 0.15) is 11.5 Å². The molecule has 2 aromatic rings. The van der Waals surface area contributed by atoms with Gasteiger partial charge in [-0.15, -0.1) is 0 Å². The topological polar surface area (TPSA) is 47.6 Å². The number of carbonyl (C=O) groups excluding carboxylic acids is 1. The number of carbonyl (C=O) groups is 1. The fraction of sp³-hybridized carbons (Fsp3) is 0.316. The molecule has 23 heavy (non-hydrogen) atoms. The van der Waals surface area contributed by atoms with Crippen molar-refractivity contribution in [1.29, 1.82) is 0 Å². The molecule has 4 heteroatoms. The molecule has 0 saturated heterocycles. The highest BCUT2D eigenvalue weighted by Crippen LogP contribution is 2.29. The van der Waals surface area contributed by atoms with Crippen molar-refractivity contribution in [3.8, 4) is 11.5 Å². The van der Waals surface area contributed by atoms with Crippen LogP contribution in [0.1, 0.15) is 23.1 Å². The fourth-order valence-electron chi connectivity index (χ4n) is 2.58. The number of rotatable bonds is 6. The summed E-state index contributed by atoms with van der Waals surface area (Å²) in [5.74, 6) is 1.46. The molecule has 2 aromatic carbocycles. The van der Waals surface area contributed by atoms with Crippen molar-refractivity contribution in [3.05, 3.63) is 53.1 Å². The average molecular weight is 313 g/mol. The number of anilines is 1. The maximum Gasteiger partial charge on any atom is 0.224 e. The van der Waals surface area contributed by atoms with Gasteiger partial charge in [0.25, 0.3) is 0 Å². The Kier molecular flexibility index (Phi) is 5.63. The smallest absolute Gasteiger partial charge is 0.224 e. The molecule has 0 aliphatic carbocycles. The van der Waals surface area contributed by atoms with Gasteiger partial charge in [0, 0.05) is 17.7 Å². The predicted octanol–water partition coefficient (Wildman–Crippen LogP) is 3.89. The van der Waals surface area contributed by atoms with Crippen molar-refractivity contribution >= 4 is 11.6 Å². The van der Waals surface area contributed by atoms with Crippen LogP contribution in [0.2, 0.25) is 0 Å². The van der Waals surface area contributed by atoms with Crippen LogP contribution in [0, 0.1) is 13.8 Å². The van der Waals surface area contributed by atoms with Crippen molar-refractivity contribution in [2.45, 2.75) is 26.7 Å². The highest BCUT2D eigenvalue weighted by Gasteiger charge is 2.12. The van der Waals surface area contributed by atoms with E-state index in [1.165, 1.54) is 5.56 Å². The van der Waals surface area contributed by atoms with Crippen molar-refractivity contribution in [2.24, 2.45) is 0 Å². The predicted molar refractivity (Wildman–Crippen MR) is 92.4 cm³/mol. The minimum Gasteiger partial charge on any atom is -0.496 e. The van der Waals surface area contributed by atoms with Crippen molar-refractivity contribution < 1.29 is 14.3 Å². The molecule has 0 aliphatic rings. The highest BCUT2D eigenvalue weighted by atomic mass is 16.5. The van der Waals surface area contributed by atoms with E-state index in [1.807, 2.05) is 44.2 Å². The van der Waals surface area contributed by atoms with E-state index in [0.717, 1.165) is 28.3 Å². The van der Waals surface area contributed by atoms with Crippen LogP contribution < -0.4 is 14.8 Å². The molecule has 2 rings (SSSR count). The lowest BCUT2D eigenvalue weighted by atomic mass is 10.1. The van der Waals surface area contributed by atoms with Gasteiger partial charge in [0.2, 0.25) is 5.91 Å². The minimum absolute atomic E-state index is 0.0232. The third-order valence-electron chi connectivity index (χ3n) is 3.79. The van der Waals surface area contributed by atoms with E-state index >= 15 is 0 Å². The molecular weight excluding hydrogens is 290 g/mol. The summed E-state index contributed by atoms with van der Waals surface area (Å²) in [7, 11) is 3.24. The van der Waals surface area contributed by atoms with Crippen LogP contribution in [-0.2, 0) is 11.2 Å². The molecule has 4 nitrogen and oxygen atoms in total. The molecule has 0 saturated carbocycles. The Balaban J connectivity index is 2.05. The maximum atomic E-state index is 12.2. The van der Waals surface area contributed by atoms with Crippen LogP contribution in [-0.4, -0.2) is 20.1 Å². The van der Waals surface area contributed by atoms with Gasteiger partial charge >= 0.3 is 0 Å². The lowest BCUT2D eigenvalue weighted by molar-refractivity contribution is -0.116. The molecule has 0 aromatic heterocycles. The van der Waals surface area contributed by atoms with Crippen LogP contribution >= 0.6 is 0 Å². The first-order chi connectivity index (χ1) is 11.0. The van der Waals surface area contributed by atoms with Crippen LogP contribution in [0.4, 0.5) is 5.69 Å². The Morgan fingerprint density at radius 1 is 1.04 bits per heavy atom. The summed E-state index contributed by atoms with van der Waals surface area (Å²) in [5, 5.41) is 2.96. The minimum atomic E-state index is -0.0232. The van der Waals surface area contributed by atoms with E-state index in [2.05, 4.69) is 11.4 Å². The van der Waals surface area contributed by atoms with E-state index in [4.69, 9.17) is 9.47 Å². The van der Waals surface area contributed by atoms with Crippen LogP contribution in [0.3, 0.4) is 0 Å². The number of amides is 1. The monoisotopic (exact) mass is 313 g/mol. The third-order valence-corrected chi connectivity index (χ3v) is 3.79. The molecule has 122 valence electrons. The Bertz CT molecular complexity index is 673. The van der Waals surface area contributed by atoms with Gasteiger partial charge in [-0.25, -0.2) is 0 Å². The summed E-state index contributed by atoms with van der Waals surface area (Å²) in [6.07, 6.45) is 0.925. The molecule has 1 amide bonds. The molecule has 0 heterocycles. The zero-order chi connectivity index (χ0) is 16.8. The summed E-state index contributed by atoms with van der Waals surface area (Å²) in [5.41, 5.74) is 4.01. The van der Waals surface area contributed by atoms with Gasteiger partial charge in [-0.3, -0.25) is 4.79 Å². The maximum absolute atomic E-state index is 12.2. The first kappa shape index (κ1) is 16.9. The molecule has 1 N–H and O–H groups in total. The molecule has 0 radical (unpaired) electrons. The molecule has 0 fully saturated rings. The van der Waals surface area contributed by atoms with Gasteiger partial charge < -0.3 is 14.8 Å². The summed E-state index contributed by atoms with van der Waals surface area (Å²) < 4.78 is 10.7. The second-order valence-corrected chi connectivity index (χ2v) is 5.51. The second kappa shape index (κ2) is 7.68. The SMILES string of the molecule is COc1cccc(OC)c1CCC(=O)Nc1ccc(C)cc1C. The Morgan fingerprint density at radius 3 is 2.26 bits per heavy atom. The first-order valence-electron chi connectivity index (χ1n) is 7.62. The van der Waals surface area contributed by atoms with Gasteiger partial charge in [-0.05, 0) is 44.0 Å². The summed E-state index contributed by atoms with van der Waals surface area (Å²) in [6.45, 7) is 4.03. The first-order valence-corrected chi connectivity index (χ1v) is 7.62.